The van der Waals surface area contributed by atoms with E-state index in [1.54, 1.807) is 18.3 Å². The highest BCUT2D eigenvalue weighted by molar-refractivity contribution is 6.13. The van der Waals surface area contributed by atoms with Crippen LogP contribution in [0.15, 0.2) is 24.4 Å². The van der Waals surface area contributed by atoms with Gasteiger partial charge in [-0.05, 0) is 17.9 Å². The van der Waals surface area contributed by atoms with Crippen LogP contribution < -0.4 is 10.1 Å². The number of benzene rings is 1. The van der Waals surface area contributed by atoms with Gasteiger partial charge in [-0.15, -0.1) is 0 Å². The predicted octanol–water partition coefficient (Wildman–Crippen LogP) is 3.29. The molecule has 130 valence electrons. The highest BCUT2D eigenvalue weighted by Crippen LogP contribution is 2.36. The van der Waals surface area contributed by atoms with Crippen LogP contribution in [0.1, 0.15) is 52.2 Å². The SMILES string of the molecule is CC1(C)CC(=O)c2c(C(=O)Nc3ccc4c(c3)OCOC4)c[nH]c2C1. The van der Waals surface area contributed by atoms with Crippen LogP contribution in [0.3, 0.4) is 0 Å². The smallest absolute Gasteiger partial charge is 0.257 e. The summed E-state index contributed by atoms with van der Waals surface area (Å²) >= 11 is 0. The van der Waals surface area contributed by atoms with Gasteiger partial charge in [-0.2, -0.15) is 0 Å². The number of amides is 1. The Morgan fingerprint density at radius 2 is 2.12 bits per heavy atom. The van der Waals surface area contributed by atoms with Crippen molar-refractivity contribution in [3.8, 4) is 5.75 Å². The van der Waals surface area contributed by atoms with Gasteiger partial charge in [0.15, 0.2) is 12.6 Å². The summed E-state index contributed by atoms with van der Waals surface area (Å²) in [5, 5.41) is 2.85. The molecule has 1 amide bonds. The fourth-order valence-corrected chi connectivity index (χ4v) is 3.51. The van der Waals surface area contributed by atoms with Gasteiger partial charge in [0.25, 0.3) is 5.91 Å². The third-order valence-corrected chi connectivity index (χ3v) is 4.66. The van der Waals surface area contributed by atoms with Gasteiger partial charge < -0.3 is 19.8 Å². The van der Waals surface area contributed by atoms with Crippen LogP contribution in [0.2, 0.25) is 0 Å². The number of hydrogen-bond acceptors (Lipinski definition) is 4. The second-order valence-corrected chi connectivity index (χ2v) is 7.38. The van der Waals surface area contributed by atoms with E-state index in [4.69, 9.17) is 9.47 Å². The second kappa shape index (κ2) is 5.74. The van der Waals surface area contributed by atoms with Crippen molar-refractivity contribution in [1.82, 2.24) is 4.98 Å². The van der Waals surface area contributed by atoms with Crippen LogP contribution in [0, 0.1) is 5.41 Å². The summed E-state index contributed by atoms with van der Waals surface area (Å²) in [7, 11) is 0. The van der Waals surface area contributed by atoms with Crippen LogP contribution in [-0.2, 0) is 17.8 Å². The standard InChI is InChI=1S/C19H20N2O4/c1-19(2)6-14-17(15(22)7-19)13(8-20-14)18(23)21-12-4-3-11-9-24-10-25-16(11)5-12/h3-5,8,20H,6-7,9-10H2,1-2H3,(H,21,23). The lowest BCUT2D eigenvalue weighted by atomic mass is 9.75. The van der Waals surface area contributed by atoms with Crippen LogP contribution in [0.4, 0.5) is 5.69 Å². The zero-order valence-electron chi connectivity index (χ0n) is 14.3. The molecule has 4 rings (SSSR count). The number of anilines is 1. The van der Waals surface area contributed by atoms with Crippen LogP contribution in [-0.4, -0.2) is 23.5 Å². The summed E-state index contributed by atoms with van der Waals surface area (Å²) in [5.74, 6) is 0.430. The molecule has 0 fully saturated rings. The molecule has 25 heavy (non-hydrogen) atoms. The quantitative estimate of drug-likeness (QED) is 0.879. The van der Waals surface area contributed by atoms with Gasteiger partial charge >= 0.3 is 0 Å². The highest BCUT2D eigenvalue weighted by Gasteiger charge is 2.35. The molecule has 2 aliphatic rings. The number of hydrogen-bond donors (Lipinski definition) is 2. The van der Waals surface area contributed by atoms with Gasteiger partial charge in [-0.25, -0.2) is 0 Å². The summed E-state index contributed by atoms with van der Waals surface area (Å²) in [4.78, 5) is 28.3. The number of rotatable bonds is 2. The van der Waals surface area contributed by atoms with Crippen molar-refractivity contribution in [3.63, 3.8) is 0 Å². The average Bonchev–Trinajstić information content (AvgIpc) is 2.97. The molecule has 2 N–H and O–H groups in total. The normalized spacial score (nSPS) is 18.1. The third-order valence-electron chi connectivity index (χ3n) is 4.66. The van der Waals surface area contributed by atoms with Gasteiger partial charge in [0.1, 0.15) is 5.75 Å². The Morgan fingerprint density at radius 1 is 1.28 bits per heavy atom. The van der Waals surface area contributed by atoms with Gasteiger partial charge in [-0.3, -0.25) is 9.59 Å². The van der Waals surface area contributed by atoms with E-state index in [1.807, 2.05) is 6.07 Å². The van der Waals surface area contributed by atoms with Crippen molar-refractivity contribution in [2.75, 3.05) is 12.1 Å². The molecule has 0 unspecified atom stereocenters. The van der Waals surface area contributed by atoms with Crippen molar-refractivity contribution in [2.24, 2.45) is 5.41 Å². The van der Waals surface area contributed by atoms with Crippen molar-refractivity contribution in [1.29, 1.82) is 0 Å². The molecule has 0 radical (unpaired) electrons. The topological polar surface area (TPSA) is 80.4 Å². The molecule has 0 bridgehead atoms. The molecule has 0 spiro atoms. The molecule has 0 atom stereocenters. The number of aromatic amines is 1. The number of nitrogens with one attached hydrogen (secondary N) is 2. The number of fused-ring (bicyclic) bond motifs is 2. The Balaban J connectivity index is 1.59. The van der Waals surface area contributed by atoms with Crippen molar-refractivity contribution < 1.29 is 19.1 Å². The molecule has 1 aromatic carbocycles. The number of H-pyrrole nitrogens is 1. The first kappa shape index (κ1) is 15.9. The van der Waals surface area contributed by atoms with Gasteiger partial charge in [0, 0.05) is 35.6 Å². The molecule has 0 saturated carbocycles. The van der Waals surface area contributed by atoms with E-state index < -0.39 is 0 Å². The number of ketones is 1. The molecule has 0 saturated heterocycles. The lowest BCUT2D eigenvalue weighted by Gasteiger charge is -2.28. The lowest BCUT2D eigenvalue weighted by molar-refractivity contribution is -0.0163. The number of Topliss-reactive ketones (excluding diaryl/α,β-unsaturated/α-hetero) is 1. The molecule has 1 aromatic heterocycles. The maximum absolute atomic E-state index is 12.7. The third kappa shape index (κ3) is 2.93. The number of carbonyl (C=O) groups excluding carboxylic acids is 2. The largest absolute Gasteiger partial charge is 0.467 e. The van der Waals surface area contributed by atoms with Crippen molar-refractivity contribution in [3.05, 3.63) is 46.8 Å². The molecule has 1 aliphatic heterocycles. The van der Waals surface area contributed by atoms with E-state index >= 15 is 0 Å². The van der Waals surface area contributed by atoms with E-state index in [0.29, 0.717) is 35.6 Å². The minimum absolute atomic E-state index is 0.0172. The van der Waals surface area contributed by atoms with Crippen LogP contribution in [0.5, 0.6) is 5.75 Å². The first-order chi connectivity index (χ1) is 11.9. The van der Waals surface area contributed by atoms with Gasteiger partial charge in [0.05, 0.1) is 17.7 Å². The summed E-state index contributed by atoms with van der Waals surface area (Å²) < 4.78 is 10.6. The number of carbonyl (C=O) groups is 2. The maximum atomic E-state index is 12.7. The fraction of sp³-hybridized carbons (Fsp3) is 0.368. The number of aromatic nitrogens is 1. The average molecular weight is 340 g/mol. The summed E-state index contributed by atoms with van der Waals surface area (Å²) in [6.07, 6.45) is 2.83. The van der Waals surface area contributed by atoms with E-state index in [-0.39, 0.29) is 23.9 Å². The first-order valence-electron chi connectivity index (χ1n) is 8.31. The van der Waals surface area contributed by atoms with Gasteiger partial charge in [0.2, 0.25) is 0 Å². The molecule has 6 heteroatoms. The molecule has 6 nitrogen and oxygen atoms in total. The van der Waals surface area contributed by atoms with E-state index in [0.717, 1.165) is 17.7 Å². The monoisotopic (exact) mass is 340 g/mol. The number of ether oxygens (including phenoxy) is 2. The van der Waals surface area contributed by atoms with Crippen molar-refractivity contribution >= 4 is 17.4 Å². The zero-order chi connectivity index (χ0) is 17.6. The van der Waals surface area contributed by atoms with E-state index in [9.17, 15) is 9.59 Å². The predicted molar refractivity (Wildman–Crippen MR) is 91.9 cm³/mol. The van der Waals surface area contributed by atoms with Gasteiger partial charge in [-0.1, -0.05) is 19.9 Å². The highest BCUT2D eigenvalue weighted by atomic mass is 16.7. The zero-order valence-corrected chi connectivity index (χ0v) is 14.3. The minimum Gasteiger partial charge on any atom is -0.467 e. The Bertz CT molecular complexity index is 866. The van der Waals surface area contributed by atoms with Crippen molar-refractivity contribution in [2.45, 2.75) is 33.3 Å². The van der Waals surface area contributed by atoms with E-state index in [2.05, 4.69) is 24.1 Å². The Hall–Kier alpha value is -2.60. The van der Waals surface area contributed by atoms with Crippen LogP contribution in [0.25, 0.3) is 0 Å². The van der Waals surface area contributed by atoms with Crippen LogP contribution >= 0.6 is 0 Å². The molecular weight excluding hydrogens is 320 g/mol. The second-order valence-electron chi connectivity index (χ2n) is 7.38. The summed E-state index contributed by atoms with van der Waals surface area (Å²) in [6, 6.07) is 5.45. The Labute approximate surface area is 145 Å². The summed E-state index contributed by atoms with van der Waals surface area (Å²) in [6.45, 7) is 4.83. The molecular formula is C19H20N2O4. The molecule has 2 heterocycles. The van der Waals surface area contributed by atoms with E-state index in [1.165, 1.54) is 0 Å². The Kier molecular flexibility index (Phi) is 3.65. The first-order valence-corrected chi connectivity index (χ1v) is 8.31. The Morgan fingerprint density at radius 3 is 2.96 bits per heavy atom. The lowest BCUT2D eigenvalue weighted by Crippen LogP contribution is -2.28. The molecule has 1 aliphatic carbocycles. The fourth-order valence-electron chi connectivity index (χ4n) is 3.51. The molecule has 2 aromatic rings. The minimum atomic E-state index is -0.294. The summed E-state index contributed by atoms with van der Waals surface area (Å²) in [5.41, 5.74) is 3.26. The maximum Gasteiger partial charge on any atom is 0.257 e.